The van der Waals surface area contributed by atoms with Gasteiger partial charge in [-0.05, 0) is 43.9 Å². The van der Waals surface area contributed by atoms with E-state index in [0.717, 1.165) is 19.3 Å². The molecule has 7 atom stereocenters. The molecule has 0 amide bonds. The second kappa shape index (κ2) is 7.10. The van der Waals surface area contributed by atoms with Crippen molar-refractivity contribution in [1.29, 1.82) is 0 Å². The van der Waals surface area contributed by atoms with E-state index < -0.39 is 6.10 Å². The van der Waals surface area contributed by atoms with Crippen LogP contribution < -0.4 is 0 Å². The van der Waals surface area contributed by atoms with Gasteiger partial charge in [-0.25, -0.2) is 0 Å². The summed E-state index contributed by atoms with van der Waals surface area (Å²) in [5, 5.41) is 9.59. The predicted octanol–water partition coefficient (Wildman–Crippen LogP) is 2.78. The van der Waals surface area contributed by atoms with E-state index in [1.807, 2.05) is 0 Å². The van der Waals surface area contributed by atoms with E-state index in [-0.39, 0.29) is 17.8 Å². The van der Waals surface area contributed by atoms with Crippen LogP contribution in [0.2, 0.25) is 0 Å². The smallest absolute Gasteiger partial charge is 0.309 e. The van der Waals surface area contributed by atoms with Gasteiger partial charge in [0, 0.05) is 0 Å². The first-order valence-electron chi connectivity index (χ1n) is 8.42. The standard InChI is InChI=1S/C17H30O4/c1-5-10(2)14(7-12(4)18)17(19)20-9-13-8-16-15(21-16)6-11(13)3/h10-16,18H,5-9H2,1-4H3. The molecule has 4 nitrogen and oxygen atoms in total. The number of carbonyl (C=O) groups excluding carboxylic acids is 1. The molecule has 1 saturated heterocycles. The number of epoxide rings is 1. The molecule has 1 saturated carbocycles. The van der Waals surface area contributed by atoms with Gasteiger partial charge in [-0.1, -0.05) is 27.2 Å². The maximum absolute atomic E-state index is 12.4. The normalized spacial score (nSPS) is 35.5. The minimum atomic E-state index is -0.467. The molecule has 7 unspecified atom stereocenters. The molecule has 0 radical (unpaired) electrons. The first kappa shape index (κ1) is 16.8. The molecule has 2 rings (SSSR count). The average molecular weight is 298 g/mol. The van der Waals surface area contributed by atoms with Gasteiger partial charge in [-0.2, -0.15) is 0 Å². The fraction of sp³-hybridized carbons (Fsp3) is 0.941. The van der Waals surface area contributed by atoms with Crippen LogP contribution in [0.25, 0.3) is 0 Å². The summed E-state index contributed by atoms with van der Waals surface area (Å²) >= 11 is 0. The second-order valence-corrected chi connectivity index (χ2v) is 7.13. The number of aliphatic hydroxyl groups is 1. The highest BCUT2D eigenvalue weighted by molar-refractivity contribution is 5.72. The Morgan fingerprint density at radius 3 is 2.62 bits per heavy atom. The van der Waals surface area contributed by atoms with E-state index in [1.54, 1.807) is 6.92 Å². The van der Waals surface area contributed by atoms with Gasteiger partial charge >= 0.3 is 5.97 Å². The lowest BCUT2D eigenvalue weighted by Gasteiger charge is -2.28. The summed E-state index contributed by atoms with van der Waals surface area (Å²) in [6, 6.07) is 0. The maximum Gasteiger partial charge on any atom is 0.309 e. The highest BCUT2D eigenvalue weighted by Gasteiger charge is 2.47. The van der Waals surface area contributed by atoms with Gasteiger partial charge in [0.2, 0.25) is 0 Å². The van der Waals surface area contributed by atoms with Crippen molar-refractivity contribution in [2.75, 3.05) is 6.61 Å². The Kier molecular flexibility index (Phi) is 5.67. The number of rotatable bonds is 7. The van der Waals surface area contributed by atoms with Crippen molar-refractivity contribution in [2.24, 2.45) is 23.7 Å². The number of carbonyl (C=O) groups is 1. The zero-order valence-electron chi connectivity index (χ0n) is 13.7. The fourth-order valence-electron chi connectivity index (χ4n) is 3.42. The van der Waals surface area contributed by atoms with E-state index >= 15 is 0 Å². The Hall–Kier alpha value is -0.610. The summed E-state index contributed by atoms with van der Waals surface area (Å²) in [5.41, 5.74) is 0. The third kappa shape index (κ3) is 4.43. The molecule has 0 spiro atoms. The predicted molar refractivity (Wildman–Crippen MR) is 80.8 cm³/mol. The third-order valence-corrected chi connectivity index (χ3v) is 5.30. The molecule has 1 N–H and O–H groups in total. The summed E-state index contributed by atoms with van der Waals surface area (Å²) < 4.78 is 11.2. The molecule has 1 aliphatic heterocycles. The lowest BCUT2D eigenvalue weighted by Crippen LogP contribution is -2.31. The number of ether oxygens (including phenoxy) is 2. The maximum atomic E-state index is 12.4. The van der Waals surface area contributed by atoms with Crippen molar-refractivity contribution in [3.05, 3.63) is 0 Å². The minimum Gasteiger partial charge on any atom is -0.465 e. The lowest BCUT2D eigenvalue weighted by molar-refractivity contribution is -0.154. The first-order valence-corrected chi connectivity index (χ1v) is 8.42. The Labute approximate surface area is 128 Å². The van der Waals surface area contributed by atoms with Crippen molar-refractivity contribution >= 4 is 5.97 Å². The number of hydrogen-bond acceptors (Lipinski definition) is 4. The lowest BCUT2D eigenvalue weighted by atomic mass is 9.81. The summed E-state index contributed by atoms with van der Waals surface area (Å²) in [7, 11) is 0. The second-order valence-electron chi connectivity index (χ2n) is 7.13. The molecule has 1 aliphatic carbocycles. The summed E-state index contributed by atoms with van der Waals surface area (Å²) in [5.74, 6) is 0.879. The zero-order chi connectivity index (χ0) is 15.6. The number of esters is 1. The molecule has 2 fully saturated rings. The van der Waals surface area contributed by atoms with E-state index in [2.05, 4.69) is 20.8 Å². The molecular formula is C17H30O4. The van der Waals surface area contributed by atoms with Crippen LogP contribution in [0.1, 0.15) is 53.4 Å². The number of hydrogen-bond donors (Lipinski definition) is 1. The van der Waals surface area contributed by atoms with Gasteiger partial charge in [-0.15, -0.1) is 0 Å². The van der Waals surface area contributed by atoms with Crippen LogP contribution in [0.4, 0.5) is 0 Å². The average Bonchev–Trinajstić information content (AvgIpc) is 3.18. The third-order valence-electron chi connectivity index (χ3n) is 5.30. The Balaban J connectivity index is 1.83. The molecule has 0 aromatic carbocycles. The van der Waals surface area contributed by atoms with Gasteiger partial charge < -0.3 is 14.6 Å². The van der Waals surface area contributed by atoms with Crippen molar-refractivity contribution in [3.8, 4) is 0 Å². The Morgan fingerprint density at radius 2 is 2.00 bits per heavy atom. The van der Waals surface area contributed by atoms with Crippen molar-refractivity contribution in [1.82, 2.24) is 0 Å². The van der Waals surface area contributed by atoms with Crippen molar-refractivity contribution < 1.29 is 19.4 Å². The molecule has 4 heteroatoms. The molecule has 0 aromatic rings. The van der Waals surface area contributed by atoms with Crippen molar-refractivity contribution in [3.63, 3.8) is 0 Å². The van der Waals surface area contributed by atoms with Gasteiger partial charge in [0.05, 0.1) is 30.8 Å². The minimum absolute atomic E-state index is 0.142. The summed E-state index contributed by atoms with van der Waals surface area (Å²) in [6.45, 7) is 8.58. The van der Waals surface area contributed by atoms with Crippen LogP contribution in [-0.4, -0.2) is 36.0 Å². The highest BCUT2D eigenvalue weighted by atomic mass is 16.6. The van der Waals surface area contributed by atoms with Gasteiger partial charge in [0.1, 0.15) is 0 Å². The van der Waals surface area contributed by atoms with Crippen LogP contribution in [0.5, 0.6) is 0 Å². The highest BCUT2D eigenvalue weighted by Crippen LogP contribution is 2.42. The molecule has 1 heterocycles. The zero-order valence-corrected chi connectivity index (χ0v) is 13.7. The van der Waals surface area contributed by atoms with E-state index in [0.29, 0.717) is 37.1 Å². The molecule has 0 bridgehead atoms. The largest absolute Gasteiger partial charge is 0.465 e. The Bertz CT molecular complexity index is 355. The summed E-state index contributed by atoms with van der Waals surface area (Å²) in [6.07, 6.45) is 3.93. The first-order chi connectivity index (χ1) is 9.92. The van der Waals surface area contributed by atoms with Crippen LogP contribution >= 0.6 is 0 Å². The van der Waals surface area contributed by atoms with Gasteiger partial charge in [0.25, 0.3) is 0 Å². The van der Waals surface area contributed by atoms with Crippen LogP contribution in [-0.2, 0) is 14.3 Å². The van der Waals surface area contributed by atoms with E-state index in [9.17, 15) is 9.90 Å². The van der Waals surface area contributed by atoms with Crippen molar-refractivity contribution in [2.45, 2.75) is 71.7 Å². The van der Waals surface area contributed by atoms with Gasteiger partial charge in [0.15, 0.2) is 0 Å². The molecule has 2 aliphatic rings. The molecule has 21 heavy (non-hydrogen) atoms. The number of fused-ring (bicyclic) bond motifs is 1. The van der Waals surface area contributed by atoms with E-state index in [4.69, 9.17) is 9.47 Å². The Morgan fingerprint density at radius 1 is 1.33 bits per heavy atom. The molecular weight excluding hydrogens is 268 g/mol. The molecule has 0 aromatic heterocycles. The fourth-order valence-corrected chi connectivity index (χ4v) is 3.42. The number of aliphatic hydroxyl groups excluding tert-OH is 1. The van der Waals surface area contributed by atoms with Crippen LogP contribution in [0.15, 0.2) is 0 Å². The monoisotopic (exact) mass is 298 g/mol. The summed E-state index contributed by atoms with van der Waals surface area (Å²) in [4.78, 5) is 12.4. The van der Waals surface area contributed by atoms with E-state index in [1.165, 1.54) is 0 Å². The van der Waals surface area contributed by atoms with Crippen LogP contribution in [0, 0.1) is 23.7 Å². The SMILES string of the molecule is CCC(C)C(CC(C)O)C(=O)OCC1CC2OC2CC1C. The quantitative estimate of drug-likeness (QED) is 0.580. The topological polar surface area (TPSA) is 59.1 Å². The molecule has 122 valence electrons. The van der Waals surface area contributed by atoms with Gasteiger partial charge in [-0.3, -0.25) is 4.79 Å². The van der Waals surface area contributed by atoms with Crippen LogP contribution in [0.3, 0.4) is 0 Å².